The topological polar surface area (TPSA) is 53.5 Å². The van der Waals surface area contributed by atoms with Gasteiger partial charge in [0.25, 0.3) is 11.8 Å². The van der Waals surface area contributed by atoms with Crippen molar-refractivity contribution in [3.8, 4) is 0 Å². The largest absolute Gasteiger partial charge is 0.342 e. The molecule has 2 aliphatic heterocycles. The molecule has 0 aromatic carbocycles. The molecule has 130 valence electrons. The smallest absolute Gasteiger partial charge is 0.266 e. The van der Waals surface area contributed by atoms with Gasteiger partial charge in [0, 0.05) is 44.0 Å². The average molecular weight is 337 g/mol. The summed E-state index contributed by atoms with van der Waals surface area (Å²) in [5.41, 5.74) is -0.855. The summed E-state index contributed by atoms with van der Waals surface area (Å²) in [6, 6.07) is 3.01. The number of rotatable bonds is 2. The SMILES string of the molecule is CCN1CCCC2(CN(C(=O)c3ccncc3)CC(F)(F)C2)C1=O. The van der Waals surface area contributed by atoms with Gasteiger partial charge in [0.05, 0.1) is 12.0 Å². The van der Waals surface area contributed by atoms with Crippen LogP contribution in [0, 0.1) is 5.41 Å². The molecule has 5 nitrogen and oxygen atoms in total. The highest BCUT2D eigenvalue weighted by Crippen LogP contribution is 2.45. The molecule has 0 N–H and O–H groups in total. The van der Waals surface area contributed by atoms with Crippen molar-refractivity contribution < 1.29 is 18.4 Å². The van der Waals surface area contributed by atoms with Crippen LogP contribution >= 0.6 is 0 Å². The Balaban J connectivity index is 1.90. The number of hydrogen-bond donors (Lipinski definition) is 0. The number of amides is 2. The first-order valence-electron chi connectivity index (χ1n) is 8.23. The summed E-state index contributed by atoms with van der Waals surface area (Å²) in [6.07, 6.45) is 3.52. The zero-order chi connectivity index (χ0) is 17.4. The molecule has 1 aromatic heterocycles. The van der Waals surface area contributed by atoms with E-state index in [0.717, 1.165) is 4.90 Å². The summed E-state index contributed by atoms with van der Waals surface area (Å²) < 4.78 is 28.8. The van der Waals surface area contributed by atoms with E-state index in [1.54, 1.807) is 4.90 Å². The quantitative estimate of drug-likeness (QED) is 0.831. The van der Waals surface area contributed by atoms with Gasteiger partial charge >= 0.3 is 0 Å². The van der Waals surface area contributed by atoms with E-state index >= 15 is 0 Å². The summed E-state index contributed by atoms with van der Waals surface area (Å²) in [4.78, 5) is 32.0. The molecule has 1 spiro atoms. The summed E-state index contributed by atoms with van der Waals surface area (Å²) in [5, 5.41) is 0. The highest BCUT2D eigenvalue weighted by atomic mass is 19.3. The lowest BCUT2D eigenvalue weighted by Crippen LogP contribution is -2.61. The first-order valence-corrected chi connectivity index (χ1v) is 8.23. The minimum atomic E-state index is -3.06. The molecule has 2 saturated heterocycles. The third-order valence-corrected chi connectivity index (χ3v) is 4.93. The number of likely N-dealkylation sites (tertiary alicyclic amines) is 2. The van der Waals surface area contributed by atoms with Crippen LogP contribution in [0.1, 0.15) is 36.5 Å². The van der Waals surface area contributed by atoms with Crippen LogP contribution in [0.2, 0.25) is 0 Å². The molecule has 3 heterocycles. The molecule has 0 radical (unpaired) electrons. The third kappa shape index (κ3) is 2.99. The number of carbonyl (C=O) groups excluding carboxylic acids is 2. The molecule has 2 aliphatic rings. The molecule has 0 bridgehead atoms. The van der Waals surface area contributed by atoms with Gasteiger partial charge in [-0.1, -0.05) is 0 Å². The normalized spacial score (nSPS) is 26.7. The second-order valence-corrected chi connectivity index (χ2v) is 6.70. The maximum atomic E-state index is 14.4. The Kier molecular flexibility index (Phi) is 4.27. The number of carbonyl (C=O) groups is 2. The average Bonchev–Trinajstić information content (AvgIpc) is 2.56. The number of piperidine rings is 2. The highest BCUT2D eigenvalue weighted by molar-refractivity contribution is 5.95. The zero-order valence-electron chi connectivity index (χ0n) is 13.7. The Bertz CT molecular complexity index is 638. The van der Waals surface area contributed by atoms with Crippen molar-refractivity contribution >= 4 is 11.8 Å². The Labute approximate surface area is 139 Å². The number of aromatic nitrogens is 1. The van der Waals surface area contributed by atoms with Crippen molar-refractivity contribution in [3.05, 3.63) is 30.1 Å². The predicted octanol–water partition coefficient (Wildman–Crippen LogP) is 2.19. The predicted molar refractivity (Wildman–Crippen MR) is 83.6 cm³/mol. The van der Waals surface area contributed by atoms with Crippen molar-refractivity contribution in [1.29, 1.82) is 0 Å². The Morgan fingerprint density at radius 3 is 2.67 bits per heavy atom. The molecule has 2 fully saturated rings. The number of nitrogens with zero attached hydrogens (tertiary/aromatic N) is 3. The van der Waals surface area contributed by atoms with E-state index in [2.05, 4.69) is 4.98 Å². The Morgan fingerprint density at radius 1 is 1.29 bits per heavy atom. The van der Waals surface area contributed by atoms with Crippen LogP contribution in [0.25, 0.3) is 0 Å². The highest BCUT2D eigenvalue weighted by Gasteiger charge is 2.55. The molecule has 3 rings (SSSR count). The molecule has 7 heteroatoms. The minimum Gasteiger partial charge on any atom is -0.342 e. The van der Waals surface area contributed by atoms with Crippen LogP contribution in [0.5, 0.6) is 0 Å². The molecule has 0 aliphatic carbocycles. The van der Waals surface area contributed by atoms with Gasteiger partial charge in [-0.25, -0.2) is 8.78 Å². The first kappa shape index (κ1) is 16.8. The second-order valence-electron chi connectivity index (χ2n) is 6.70. The lowest BCUT2D eigenvalue weighted by molar-refractivity contribution is -0.165. The standard InChI is InChI=1S/C17H21F2N3O2/c1-2-21-9-3-6-16(15(21)24)10-17(18,19)12-22(11-16)14(23)13-4-7-20-8-5-13/h4-5,7-8H,2-3,6,9-12H2,1H3. The monoisotopic (exact) mass is 337 g/mol. The van der Waals surface area contributed by atoms with Gasteiger partial charge in [-0.3, -0.25) is 14.6 Å². The van der Waals surface area contributed by atoms with E-state index in [4.69, 9.17) is 0 Å². The Morgan fingerprint density at radius 2 is 2.00 bits per heavy atom. The summed E-state index contributed by atoms with van der Waals surface area (Å²) in [6.45, 7) is 2.36. The van der Waals surface area contributed by atoms with E-state index in [0.29, 0.717) is 31.5 Å². The number of alkyl halides is 2. The van der Waals surface area contributed by atoms with Crippen molar-refractivity contribution in [2.45, 2.75) is 32.1 Å². The van der Waals surface area contributed by atoms with Gasteiger partial charge in [-0.05, 0) is 31.9 Å². The van der Waals surface area contributed by atoms with Gasteiger partial charge in [-0.2, -0.15) is 0 Å². The van der Waals surface area contributed by atoms with E-state index in [1.807, 2.05) is 6.92 Å². The van der Waals surface area contributed by atoms with Crippen LogP contribution < -0.4 is 0 Å². The van der Waals surface area contributed by atoms with E-state index in [1.165, 1.54) is 24.5 Å². The summed E-state index contributed by atoms with van der Waals surface area (Å²) in [5.74, 6) is -3.78. The van der Waals surface area contributed by atoms with Crippen LogP contribution in [-0.2, 0) is 4.79 Å². The summed E-state index contributed by atoms with van der Waals surface area (Å²) >= 11 is 0. The van der Waals surface area contributed by atoms with Gasteiger partial charge in [0.1, 0.15) is 0 Å². The molecule has 24 heavy (non-hydrogen) atoms. The Hall–Kier alpha value is -2.05. The van der Waals surface area contributed by atoms with Crippen LogP contribution in [0.15, 0.2) is 24.5 Å². The molecular formula is C17H21F2N3O2. The molecular weight excluding hydrogens is 316 g/mol. The fraction of sp³-hybridized carbons (Fsp3) is 0.588. The third-order valence-electron chi connectivity index (χ3n) is 4.93. The molecule has 1 aromatic rings. The van der Waals surface area contributed by atoms with Crippen molar-refractivity contribution in [2.75, 3.05) is 26.2 Å². The van der Waals surface area contributed by atoms with Crippen LogP contribution in [0.3, 0.4) is 0 Å². The van der Waals surface area contributed by atoms with E-state index < -0.39 is 30.2 Å². The zero-order valence-corrected chi connectivity index (χ0v) is 13.7. The molecule has 1 unspecified atom stereocenters. The molecule has 2 amide bonds. The number of pyridine rings is 1. The fourth-order valence-electron chi connectivity index (χ4n) is 3.89. The van der Waals surface area contributed by atoms with E-state index in [-0.39, 0.29) is 12.5 Å². The minimum absolute atomic E-state index is 0.0546. The van der Waals surface area contributed by atoms with Crippen molar-refractivity contribution in [2.24, 2.45) is 5.41 Å². The van der Waals surface area contributed by atoms with Gasteiger partial charge in [0.15, 0.2) is 0 Å². The van der Waals surface area contributed by atoms with Crippen LogP contribution in [0.4, 0.5) is 8.78 Å². The maximum absolute atomic E-state index is 14.4. The van der Waals surface area contributed by atoms with Crippen molar-refractivity contribution in [1.82, 2.24) is 14.8 Å². The maximum Gasteiger partial charge on any atom is 0.266 e. The fourth-order valence-corrected chi connectivity index (χ4v) is 3.89. The summed E-state index contributed by atoms with van der Waals surface area (Å²) in [7, 11) is 0. The van der Waals surface area contributed by atoms with Gasteiger partial charge in [0.2, 0.25) is 5.91 Å². The molecule has 1 atom stereocenters. The van der Waals surface area contributed by atoms with Gasteiger partial charge < -0.3 is 9.80 Å². The first-order chi connectivity index (χ1) is 11.4. The molecule has 0 saturated carbocycles. The lowest BCUT2D eigenvalue weighted by Gasteiger charge is -2.49. The van der Waals surface area contributed by atoms with Crippen molar-refractivity contribution in [3.63, 3.8) is 0 Å². The van der Waals surface area contributed by atoms with Crippen LogP contribution in [-0.4, -0.2) is 58.7 Å². The number of hydrogen-bond acceptors (Lipinski definition) is 3. The second kappa shape index (κ2) is 6.11. The number of halogens is 2. The van der Waals surface area contributed by atoms with Gasteiger partial charge in [-0.15, -0.1) is 0 Å². The van der Waals surface area contributed by atoms with E-state index in [9.17, 15) is 18.4 Å². The lowest BCUT2D eigenvalue weighted by atomic mass is 9.71.